The third-order valence-electron chi connectivity index (χ3n) is 1.39. The summed E-state index contributed by atoms with van der Waals surface area (Å²) in [4.78, 5) is 0. The van der Waals surface area contributed by atoms with Crippen LogP contribution in [0.15, 0.2) is 0 Å². The van der Waals surface area contributed by atoms with E-state index in [1.807, 2.05) is 13.8 Å². The first-order valence-electron chi connectivity index (χ1n) is 4.96. The smallest absolute Gasteiger partial charge is 0.198 e. The van der Waals surface area contributed by atoms with Crippen LogP contribution in [-0.4, -0.2) is 26.2 Å². The molecule has 0 atom stereocenters. The Balaban J connectivity index is 3.33. The molecule has 0 radical (unpaired) electrons. The summed E-state index contributed by atoms with van der Waals surface area (Å²) < 4.78 is 16.2. The summed E-state index contributed by atoms with van der Waals surface area (Å²) in [6.07, 6.45) is 2.89. The van der Waals surface area contributed by atoms with E-state index in [-0.39, 0.29) is 0 Å². The average molecular weight is 208 g/mol. The molecule has 0 aromatic carbocycles. The van der Waals surface area contributed by atoms with E-state index in [4.69, 9.17) is 13.8 Å². The van der Waals surface area contributed by atoms with Gasteiger partial charge in [0.1, 0.15) is 6.35 Å². The van der Waals surface area contributed by atoms with E-state index < -0.39 is 8.38 Å². The summed E-state index contributed by atoms with van der Waals surface area (Å²) in [6, 6.07) is 0. The quantitative estimate of drug-likeness (QED) is 0.430. The maximum absolute atomic E-state index is 5.42. The SMILES string of the molecule is CCCCOCP(OCC)OCC. The first kappa shape index (κ1) is 13.3. The Kier molecular flexibility index (Phi) is 10.6. The largest absolute Gasteiger partial charge is 0.372 e. The highest BCUT2D eigenvalue weighted by atomic mass is 31.2. The molecule has 0 fully saturated rings. The number of ether oxygens (including phenoxy) is 1. The lowest BCUT2D eigenvalue weighted by molar-refractivity contribution is 0.149. The van der Waals surface area contributed by atoms with Crippen molar-refractivity contribution >= 4 is 8.38 Å². The van der Waals surface area contributed by atoms with Crippen LogP contribution < -0.4 is 0 Å². The first-order valence-corrected chi connectivity index (χ1v) is 6.32. The lowest BCUT2D eigenvalue weighted by Crippen LogP contribution is -2.00. The van der Waals surface area contributed by atoms with E-state index >= 15 is 0 Å². The van der Waals surface area contributed by atoms with Crippen LogP contribution in [0.25, 0.3) is 0 Å². The second-order valence-corrected chi connectivity index (χ2v) is 4.00. The average Bonchev–Trinajstić information content (AvgIpc) is 2.13. The van der Waals surface area contributed by atoms with Gasteiger partial charge in [-0.15, -0.1) is 0 Å². The van der Waals surface area contributed by atoms with Gasteiger partial charge in [0.2, 0.25) is 0 Å². The maximum atomic E-state index is 5.42. The van der Waals surface area contributed by atoms with Gasteiger partial charge in [-0.1, -0.05) is 13.3 Å². The number of rotatable bonds is 9. The molecule has 0 unspecified atom stereocenters. The molecule has 0 spiro atoms. The van der Waals surface area contributed by atoms with Gasteiger partial charge >= 0.3 is 0 Å². The summed E-state index contributed by atoms with van der Waals surface area (Å²) in [7, 11) is -0.800. The van der Waals surface area contributed by atoms with Crippen molar-refractivity contribution in [1.82, 2.24) is 0 Å². The molecule has 0 N–H and O–H groups in total. The normalized spacial score (nSPS) is 11.1. The molecule has 0 heterocycles. The topological polar surface area (TPSA) is 27.7 Å². The van der Waals surface area contributed by atoms with Crippen LogP contribution in [0.5, 0.6) is 0 Å². The minimum Gasteiger partial charge on any atom is -0.372 e. The highest BCUT2D eigenvalue weighted by molar-refractivity contribution is 7.47. The first-order chi connectivity index (χ1) is 6.35. The van der Waals surface area contributed by atoms with Crippen LogP contribution >= 0.6 is 8.38 Å². The van der Waals surface area contributed by atoms with Crippen LogP contribution in [-0.2, 0) is 13.8 Å². The van der Waals surface area contributed by atoms with Gasteiger partial charge in [-0.3, -0.25) is 0 Å². The zero-order valence-corrected chi connectivity index (χ0v) is 9.81. The summed E-state index contributed by atoms with van der Waals surface area (Å²) >= 11 is 0. The lowest BCUT2D eigenvalue weighted by atomic mass is 10.4. The van der Waals surface area contributed by atoms with E-state index in [0.29, 0.717) is 19.6 Å². The monoisotopic (exact) mass is 208 g/mol. The number of hydrogen-bond acceptors (Lipinski definition) is 3. The van der Waals surface area contributed by atoms with Gasteiger partial charge in [-0.2, -0.15) is 0 Å². The van der Waals surface area contributed by atoms with E-state index in [9.17, 15) is 0 Å². The molecule has 0 amide bonds. The zero-order valence-electron chi connectivity index (χ0n) is 8.91. The van der Waals surface area contributed by atoms with E-state index in [0.717, 1.165) is 13.0 Å². The minimum atomic E-state index is -0.800. The second-order valence-electron chi connectivity index (χ2n) is 2.56. The minimum absolute atomic E-state index is 0.608. The highest BCUT2D eigenvalue weighted by Crippen LogP contribution is 2.37. The van der Waals surface area contributed by atoms with Crippen LogP contribution in [0.3, 0.4) is 0 Å². The Labute approximate surface area is 82.7 Å². The van der Waals surface area contributed by atoms with Gasteiger partial charge < -0.3 is 13.8 Å². The molecule has 4 heteroatoms. The summed E-state index contributed by atoms with van der Waals surface area (Å²) in [5.74, 6) is 0. The van der Waals surface area contributed by atoms with E-state index in [2.05, 4.69) is 6.92 Å². The molecular weight excluding hydrogens is 187 g/mol. The molecule has 0 aromatic rings. The van der Waals surface area contributed by atoms with Crippen molar-refractivity contribution in [2.24, 2.45) is 0 Å². The molecule has 0 rings (SSSR count). The Hall–Kier alpha value is 0.310. The van der Waals surface area contributed by atoms with Gasteiger partial charge in [0.15, 0.2) is 8.38 Å². The molecular formula is C9H21O3P. The Bertz CT molecular complexity index is 94.9. The Morgan fingerprint density at radius 2 is 1.62 bits per heavy atom. The van der Waals surface area contributed by atoms with Crippen LogP contribution in [0, 0.1) is 0 Å². The molecule has 80 valence electrons. The van der Waals surface area contributed by atoms with Crippen molar-refractivity contribution in [3.05, 3.63) is 0 Å². The van der Waals surface area contributed by atoms with Crippen LogP contribution in [0.4, 0.5) is 0 Å². The van der Waals surface area contributed by atoms with Crippen LogP contribution in [0.2, 0.25) is 0 Å². The second kappa shape index (κ2) is 10.4. The van der Waals surface area contributed by atoms with Gasteiger partial charge in [-0.05, 0) is 20.3 Å². The Morgan fingerprint density at radius 1 is 1.00 bits per heavy atom. The molecule has 0 saturated heterocycles. The molecule has 13 heavy (non-hydrogen) atoms. The van der Waals surface area contributed by atoms with E-state index in [1.165, 1.54) is 6.42 Å². The van der Waals surface area contributed by atoms with E-state index in [1.54, 1.807) is 0 Å². The van der Waals surface area contributed by atoms with Crippen molar-refractivity contribution in [2.45, 2.75) is 33.6 Å². The molecule has 0 aromatic heterocycles. The Morgan fingerprint density at radius 3 is 2.08 bits per heavy atom. The molecule has 0 aliphatic rings. The molecule has 0 aliphatic carbocycles. The predicted octanol–water partition coefficient (Wildman–Crippen LogP) is 3.15. The maximum Gasteiger partial charge on any atom is 0.198 e. The van der Waals surface area contributed by atoms with Gasteiger partial charge in [0.05, 0.1) is 13.2 Å². The fourth-order valence-electron chi connectivity index (χ4n) is 0.785. The highest BCUT2D eigenvalue weighted by Gasteiger charge is 2.08. The number of unbranched alkanes of at least 4 members (excludes halogenated alkanes) is 1. The van der Waals surface area contributed by atoms with Crippen molar-refractivity contribution in [3.8, 4) is 0 Å². The zero-order chi connectivity index (χ0) is 9.94. The fourth-order valence-corrected chi connectivity index (χ4v) is 1.86. The molecule has 0 bridgehead atoms. The predicted molar refractivity (Wildman–Crippen MR) is 55.9 cm³/mol. The lowest BCUT2D eigenvalue weighted by Gasteiger charge is -2.15. The third kappa shape index (κ3) is 8.63. The van der Waals surface area contributed by atoms with Gasteiger partial charge in [0.25, 0.3) is 0 Å². The standard InChI is InChI=1S/C9H21O3P/c1-4-7-8-10-9-13(11-5-2)12-6-3/h4-9H2,1-3H3. The van der Waals surface area contributed by atoms with Gasteiger partial charge in [0, 0.05) is 6.61 Å². The van der Waals surface area contributed by atoms with Crippen molar-refractivity contribution in [1.29, 1.82) is 0 Å². The summed E-state index contributed by atoms with van der Waals surface area (Å²) in [5.41, 5.74) is 0. The van der Waals surface area contributed by atoms with Crippen molar-refractivity contribution < 1.29 is 13.8 Å². The van der Waals surface area contributed by atoms with Crippen molar-refractivity contribution in [2.75, 3.05) is 26.2 Å². The molecule has 0 saturated carbocycles. The molecule has 3 nitrogen and oxygen atoms in total. The fraction of sp³-hybridized carbons (Fsp3) is 1.00. The summed E-state index contributed by atoms with van der Waals surface area (Å²) in [6.45, 7) is 8.30. The van der Waals surface area contributed by atoms with Crippen LogP contribution in [0.1, 0.15) is 33.6 Å². The third-order valence-corrected chi connectivity index (χ3v) is 2.87. The molecule has 0 aliphatic heterocycles. The van der Waals surface area contributed by atoms with Gasteiger partial charge in [-0.25, -0.2) is 0 Å². The number of hydrogen-bond donors (Lipinski definition) is 0. The van der Waals surface area contributed by atoms with Crippen molar-refractivity contribution in [3.63, 3.8) is 0 Å². The summed E-state index contributed by atoms with van der Waals surface area (Å²) in [5, 5.41) is 0.